The van der Waals surface area contributed by atoms with Gasteiger partial charge in [0.1, 0.15) is 23.9 Å². The van der Waals surface area contributed by atoms with Crippen LogP contribution in [0.1, 0.15) is 58.9 Å². The first-order valence-corrected chi connectivity index (χ1v) is 12.8. The van der Waals surface area contributed by atoms with Gasteiger partial charge in [0.25, 0.3) is 0 Å². The Labute approximate surface area is 222 Å². The number of rotatable bonds is 16. The first-order chi connectivity index (χ1) is 17.8. The van der Waals surface area contributed by atoms with Crippen LogP contribution in [0.5, 0.6) is 5.75 Å². The van der Waals surface area contributed by atoms with E-state index in [1.54, 1.807) is 26.0 Å². The number of aromatic hydroxyl groups is 1. The second-order valence-electron chi connectivity index (χ2n) is 9.63. The summed E-state index contributed by atoms with van der Waals surface area (Å²) in [6, 6.07) is 1.85. The van der Waals surface area contributed by atoms with E-state index in [4.69, 9.17) is 11.5 Å². The van der Waals surface area contributed by atoms with Crippen LogP contribution in [0.2, 0.25) is 0 Å². The molecule has 4 amide bonds. The third-order valence-corrected chi connectivity index (χ3v) is 6.61. The molecule has 0 aliphatic heterocycles. The fourth-order valence-corrected chi connectivity index (χ4v) is 3.69. The van der Waals surface area contributed by atoms with E-state index in [2.05, 4.69) is 16.0 Å². The number of carboxylic acids is 1. The Morgan fingerprint density at radius 1 is 0.842 bits per heavy atom. The Morgan fingerprint density at radius 3 is 1.76 bits per heavy atom. The number of phenolic OH excluding ortho intramolecular Hbond substituents is 1. The maximum Gasteiger partial charge on any atom is 0.326 e. The zero-order chi connectivity index (χ0) is 29.0. The highest BCUT2D eigenvalue weighted by molar-refractivity contribution is 5.94. The number of carbonyl (C=O) groups is 5. The molecule has 0 saturated heterocycles. The molecule has 38 heavy (non-hydrogen) atoms. The summed E-state index contributed by atoms with van der Waals surface area (Å²) in [6.07, 6.45) is 0.794. The predicted molar refractivity (Wildman–Crippen MR) is 141 cm³/mol. The number of nitrogens with two attached hydrogens (primary N) is 2. The Morgan fingerprint density at radius 2 is 1.32 bits per heavy atom. The van der Waals surface area contributed by atoms with Crippen molar-refractivity contribution in [3.8, 4) is 5.75 Å². The van der Waals surface area contributed by atoms with Crippen molar-refractivity contribution in [3.05, 3.63) is 29.8 Å². The summed E-state index contributed by atoms with van der Waals surface area (Å²) in [5, 5.41) is 26.6. The number of amides is 4. The summed E-state index contributed by atoms with van der Waals surface area (Å²) in [6.45, 7) is 7.17. The molecule has 0 bridgehead atoms. The van der Waals surface area contributed by atoms with Crippen LogP contribution in [0.3, 0.4) is 0 Å². The summed E-state index contributed by atoms with van der Waals surface area (Å²) >= 11 is 0. The van der Waals surface area contributed by atoms with Gasteiger partial charge >= 0.3 is 5.97 Å². The molecule has 0 radical (unpaired) electrons. The Kier molecular flexibility index (Phi) is 13.2. The van der Waals surface area contributed by atoms with Crippen molar-refractivity contribution in [1.29, 1.82) is 0 Å². The molecule has 1 aromatic rings. The van der Waals surface area contributed by atoms with E-state index in [0.29, 0.717) is 12.8 Å². The van der Waals surface area contributed by atoms with E-state index in [1.807, 2.05) is 13.8 Å². The number of carboxylic acid groups (broad SMARTS) is 1. The maximum atomic E-state index is 13.3. The van der Waals surface area contributed by atoms with Gasteiger partial charge in [-0.05, 0) is 42.4 Å². The van der Waals surface area contributed by atoms with Gasteiger partial charge in [0.2, 0.25) is 23.6 Å². The van der Waals surface area contributed by atoms with Crippen LogP contribution in [0, 0.1) is 11.8 Å². The van der Waals surface area contributed by atoms with Crippen LogP contribution in [-0.2, 0) is 30.4 Å². The van der Waals surface area contributed by atoms with Crippen molar-refractivity contribution in [2.75, 3.05) is 0 Å². The lowest BCUT2D eigenvalue weighted by atomic mass is 9.94. The van der Waals surface area contributed by atoms with Gasteiger partial charge in [-0.2, -0.15) is 0 Å². The van der Waals surface area contributed by atoms with Crippen molar-refractivity contribution in [2.45, 2.75) is 84.0 Å². The van der Waals surface area contributed by atoms with Gasteiger partial charge in [0, 0.05) is 6.42 Å². The summed E-state index contributed by atoms with van der Waals surface area (Å²) in [5.41, 5.74) is 11.9. The molecule has 12 nitrogen and oxygen atoms in total. The standard InChI is InChI=1S/C26H41N5O7/c1-5-14(3)21(24(35)29-19(26(37)38)11-12-20(28)33)31-25(36)22(15(4)6-2)30-23(34)18(27)13-16-7-9-17(32)10-8-16/h7-10,14-15,18-19,21-22,32H,5-6,11-13,27H2,1-4H3,(H2,28,33)(H,29,35)(H,30,34)(H,31,36)(H,37,38). The molecule has 12 heteroatoms. The number of benzene rings is 1. The van der Waals surface area contributed by atoms with Crippen molar-refractivity contribution in [1.82, 2.24) is 16.0 Å². The average molecular weight is 536 g/mol. The molecule has 9 N–H and O–H groups in total. The van der Waals surface area contributed by atoms with E-state index < -0.39 is 53.8 Å². The number of aliphatic carboxylic acids is 1. The van der Waals surface area contributed by atoms with Gasteiger partial charge in [-0.3, -0.25) is 19.2 Å². The maximum absolute atomic E-state index is 13.3. The summed E-state index contributed by atoms with van der Waals surface area (Å²) in [7, 11) is 0. The first kappa shape index (κ1) is 32.4. The minimum Gasteiger partial charge on any atom is -0.508 e. The van der Waals surface area contributed by atoms with Gasteiger partial charge in [0.15, 0.2) is 0 Å². The molecule has 0 spiro atoms. The first-order valence-electron chi connectivity index (χ1n) is 12.8. The fourth-order valence-electron chi connectivity index (χ4n) is 3.69. The third-order valence-electron chi connectivity index (χ3n) is 6.61. The van der Waals surface area contributed by atoms with Crippen LogP contribution in [-0.4, -0.2) is 64.0 Å². The molecule has 0 aromatic heterocycles. The van der Waals surface area contributed by atoms with E-state index in [9.17, 15) is 34.2 Å². The molecular formula is C26H41N5O7. The number of carbonyl (C=O) groups excluding carboxylic acids is 4. The topological polar surface area (TPSA) is 214 Å². The van der Waals surface area contributed by atoms with E-state index in [-0.39, 0.29) is 36.8 Å². The molecule has 0 aliphatic carbocycles. The lowest BCUT2D eigenvalue weighted by Gasteiger charge is -2.30. The molecular weight excluding hydrogens is 494 g/mol. The predicted octanol–water partition coefficient (Wildman–Crippen LogP) is 0.159. The number of hydrogen-bond acceptors (Lipinski definition) is 7. The Hall–Kier alpha value is -3.67. The summed E-state index contributed by atoms with van der Waals surface area (Å²) in [5.74, 6) is -4.49. The van der Waals surface area contributed by atoms with E-state index in [0.717, 1.165) is 5.56 Å². The van der Waals surface area contributed by atoms with Crippen molar-refractivity contribution in [3.63, 3.8) is 0 Å². The zero-order valence-electron chi connectivity index (χ0n) is 22.4. The quantitative estimate of drug-likeness (QED) is 0.154. The summed E-state index contributed by atoms with van der Waals surface area (Å²) < 4.78 is 0. The average Bonchev–Trinajstić information content (AvgIpc) is 2.87. The van der Waals surface area contributed by atoms with Gasteiger partial charge in [0.05, 0.1) is 6.04 Å². The van der Waals surface area contributed by atoms with Gasteiger partial charge in [-0.15, -0.1) is 0 Å². The molecule has 6 atom stereocenters. The van der Waals surface area contributed by atoms with Crippen LogP contribution in [0.15, 0.2) is 24.3 Å². The second-order valence-corrected chi connectivity index (χ2v) is 9.63. The van der Waals surface area contributed by atoms with Crippen molar-refractivity contribution >= 4 is 29.6 Å². The minimum absolute atomic E-state index is 0.0859. The minimum atomic E-state index is -1.36. The number of hydrogen-bond donors (Lipinski definition) is 7. The van der Waals surface area contributed by atoms with Crippen LogP contribution < -0.4 is 27.4 Å². The van der Waals surface area contributed by atoms with Crippen molar-refractivity contribution in [2.24, 2.45) is 23.3 Å². The molecule has 1 rings (SSSR count). The summed E-state index contributed by atoms with van der Waals surface area (Å²) in [4.78, 5) is 61.8. The number of nitrogens with one attached hydrogen (secondary N) is 3. The lowest BCUT2D eigenvalue weighted by Crippen LogP contribution is -2.60. The molecule has 1 aromatic carbocycles. The molecule has 0 heterocycles. The zero-order valence-corrected chi connectivity index (χ0v) is 22.4. The van der Waals surface area contributed by atoms with Crippen LogP contribution in [0.4, 0.5) is 0 Å². The van der Waals surface area contributed by atoms with E-state index in [1.165, 1.54) is 12.1 Å². The lowest BCUT2D eigenvalue weighted by molar-refractivity contribution is -0.143. The molecule has 0 fully saturated rings. The van der Waals surface area contributed by atoms with Crippen molar-refractivity contribution < 1.29 is 34.2 Å². The Bertz CT molecular complexity index is 969. The van der Waals surface area contributed by atoms with Crippen LogP contribution in [0.25, 0.3) is 0 Å². The fraction of sp³-hybridized carbons (Fsp3) is 0.577. The smallest absolute Gasteiger partial charge is 0.326 e. The van der Waals surface area contributed by atoms with Crippen LogP contribution >= 0.6 is 0 Å². The second kappa shape index (κ2) is 15.6. The molecule has 0 saturated carbocycles. The monoisotopic (exact) mass is 535 g/mol. The SMILES string of the molecule is CCC(C)C(NC(=O)C(N)Cc1ccc(O)cc1)C(=O)NC(C(=O)NC(CCC(N)=O)C(=O)O)C(C)CC. The third kappa shape index (κ3) is 10.4. The Balaban J connectivity index is 3.01. The number of phenols is 1. The van der Waals surface area contributed by atoms with Gasteiger partial charge in [-0.25, -0.2) is 4.79 Å². The van der Waals surface area contributed by atoms with Gasteiger partial charge in [-0.1, -0.05) is 52.7 Å². The highest BCUT2D eigenvalue weighted by Gasteiger charge is 2.34. The molecule has 6 unspecified atom stereocenters. The van der Waals surface area contributed by atoms with Gasteiger partial charge < -0.3 is 37.6 Å². The highest BCUT2D eigenvalue weighted by Crippen LogP contribution is 2.14. The normalized spacial score (nSPS) is 15.7. The van der Waals surface area contributed by atoms with E-state index >= 15 is 0 Å². The molecule has 212 valence electrons. The number of primary amides is 1. The molecule has 0 aliphatic rings. The largest absolute Gasteiger partial charge is 0.508 e. The highest BCUT2D eigenvalue weighted by atomic mass is 16.4.